The molecule has 3 heterocycles. The summed E-state index contributed by atoms with van der Waals surface area (Å²) in [6.45, 7) is 6.07. The van der Waals surface area contributed by atoms with Gasteiger partial charge >= 0.3 is 6.03 Å². The molecule has 0 aromatic carbocycles. The second kappa shape index (κ2) is 6.88. The van der Waals surface area contributed by atoms with Gasteiger partial charge in [-0.2, -0.15) is 11.3 Å². The third kappa shape index (κ3) is 3.50. The van der Waals surface area contributed by atoms with Crippen LogP contribution >= 0.6 is 11.3 Å². The van der Waals surface area contributed by atoms with Crippen LogP contribution in [0.2, 0.25) is 0 Å². The van der Waals surface area contributed by atoms with Crippen LogP contribution in [0.15, 0.2) is 16.8 Å². The normalized spacial score (nSPS) is 24.1. The first-order valence-electron chi connectivity index (χ1n) is 8.13. The lowest BCUT2D eigenvalue weighted by atomic mass is 10.1. The van der Waals surface area contributed by atoms with Crippen LogP contribution in [0.1, 0.15) is 24.9 Å². The molecule has 3 rings (SSSR count). The number of piperazine rings is 1. The van der Waals surface area contributed by atoms with Gasteiger partial charge in [0.05, 0.1) is 0 Å². The van der Waals surface area contributed by atoms with E-state index in [0.717, 1.165) is 19.6 Å². The van der Waals surface area contributed by atoms with Gasteiger partial charge in [0.1, 0.15) is 6.04 Å². The molecule has 0 unspecified atom stereocenters. The Morgan fingerprint density at radius 2 is 2.04 bits per heavy atom. The van der Waals surface area contributed by atoms with E-state index < -0.39 is 0 Å². The van der Waals surface area contributed by atoms with E-state index in [2.05, 4.69) is 34.0 Å². The highest BCUT2D eigenvalue weighted by molar-refractivity contribution is 7.07. The van der Waals surface area contributed by atoms with Crippen molar-refractivity contribution in [3.05, 3.63) is 22.4 Å². The van der Waals surface area contributed by atoms with Crippen molar-refractivity contribution in [1.82, 2.24) is 20.0 Å². The van der Waals surface area contributed by atoms with Crippen LogP contribution in [0.3, 0.4) is 0 Å². The fraction of sp³-hybridized carbons (Fsp3) is 0.625. The monoisotopic (exact) mass is 336 g/mol. The summed E-state index contributed by atoms with van der Waals surface area (Å²) < 4.78 is 0. The summed E-state index contributed by atoms with van der Waals surface area (Å²) in [5.41, 5.74) is 1.34. The van der Waals surface area contributed by atoms with Crippen molar-refractivity contribution in [1.29, 1.82) is 0 Å². The van der Waals surface area contributed by atoms with Gasteiger partial charge in [-0.1, -0.05) is 0 Å². The Kier molecular flexibility index (Phi) is 4.87. The van der Waals surface area contributed by atoms with Crippen molar-refractivity contribution < 1.29 is 9.59 Å². The second-order valence-electron chi connectivity index (χ2n) is 6.31. The molecule has 126 valence electrons. The molecule has 0 aliphatic carbocycles. The molecule has 2 fully saturated rings. The third-order valence-corrected chi connectivity index (χ3v) is 5.60. The van der Waals surface area contributed by atoms with E-state index in [0.29, 0.717) is 25.6 Å². The lowest BCUT2D eigenvalue weighted by molar-refractivity contribution is -0.128. The van der Waals surface area contributed by atoms with Gasteiger partial charge in [0.15, 0.2) is 0 Å². The highest BCUT2D eigenvalue weighted by atomic mass is 32.1. The molecule has 0 spiro atoms. The summed E-state index contributed by atoms with van der Waals surface area (Å²) in [5, 5.41) is 7.17. The molecule has 23 heavy (non-hydrogen) atoms. The topological polar surface area (TPSA) is 55.9 Å². The van der Waals surface area contributed by atoms with Crippen molar-refractivity contribution in [3.63, 3.8) is 0 Å². The van der Waals surface area contributed by atoms with Crippen LogP contribution in [0.25, 0.3) is 0 Å². The number of hydrogen-bond donors (Lipinski definition) is 1. The first-order chi connectivity index (χ1) is 11.1. The average molecular weight is 336 g/mol. The molecule has 2 atom stereocenters. The van der Waals surface area contributed by atoms with Gasteiger partial charge in [0.2, 0.25) is 5.91 Å². The van der Waals surface area contributed by atoms with E-state index in [1.807, 2.05) is 4.90 Å². The summed E-state index contributed by atoms with van der Waals surface area (Å²) >= 11 is 1.72. The smallest absolute Gasteiger partial charge is 0.318 e. The van der Waals surface area contributed by atoms with Gasteiger partial charge < -0.3 is 15.1 Å². The van der Waals surface area contributed by atoms with E-state index in [4.69, 9.17) is 0 Å². The number of rotatable bonds is 3. The van der Waals surface area contributed by atoms with E-state index in [9.17, 15) is 9.59 Å². The van der Waals surface area contributed by atoms with E-state index in [1.54, 1.807) is 23.3 Å². The summed E-state index contributed by atoms with van der Waals surface area (Å²) in [5.74, 6) is 0.0167. The molecule has 1 aromatic rings. The van der Waals surface area contributed by atoms with Gasteiger partial charge in [0, 0.05) is 45.8 Å². The number of thiophene rings is 1. The minimum absolute atomic E-state index is 0.0167. The van der Waals surface area contributed by atoms with Gasteiger partial charge in [-0.3, -0.25) is 9.69 Å². The summed E-state index contributed by atoms with van der Waals surface area (Å²) in [6, 6.07) is 2.09. The summed E-state index contributed by atoms with van der Waals surface area (Å²) in [6.07, 6.45) is 0.705. The number of carbonyl (C=O) groups excluding carboxylic acids is 2. The largest absolute Gasteiger partial charge is 0.344 e. The fourth-order valence-corrected chi connectivity index (χ4v) is 3.98. The first-order valence-corrected chi connectivity index (χ1v) is 9.07. The van der Waals surface area contributed by atoms with E-state index >= 15 is 0 Å². The Morgan fingerprint density at radius 1 is 1.30 bits per heavy atom. The zero-order valence-corrected chi connectivity index (χ0v) is 14.5. The van der Waals surface area contributed by atoms with Crippen LogP contribution in [-0.4, -0.2) is 72.5 Å². The van der Waals surface area contributed by atoms with Gasteiger partial charge in [-0.15, -0.1) is 0 Å². The number of hydrogen-bond acceptors (Lipinski definition) is 4. The van der Waals surface area contributed by atoms with E-state index in [-0.39, 0.29) is 18.0 Å². The molecular weight excluding hydrogens is 312 g/mol. The average Bonchev–Trinajstić information content (AvgIpc) is 3.20. The minimum atomic E-state index is -0.352. The van der Waals surface area contributed by atoms with Crippen LogP contribution < -0.4 is 5.32 Å². The van der Waals surface area contributed by atoms with Crippen molar-refractivity contribution in [2.24, 2.45) is 0 Å². The molecule has 3 amide bonds. The number of urea groups is 1. The molecule has 2 aliphatic heterocycles. The number of nitrogens with one attached hydrogen (secondary N) is 1. The molecule has 2 saturated heterocycles. The van der Waals surface area contributed by atoms with Gasteiger partial charge in [-0.25, -0.2) is 4.79 Å². The predicted octanol–water partition coefficient (Wildman–Crippen LogP) is 1.37. The molecule has 0 radical (unpaired) electrons. The Hall–Kier alpha value is -1.60. The molecule has 7 heteroatoms. The Balaban J connectivity index is 1.49. The maximum absolute atomic E-state index is 12.3. The standard InChI is InChI=1S/C16H24N4O2S/c1-12(13-4-10-23-11-13)19-6-8-20(9-7-19)16(22)17-14-3-5-18(2)15(14)21/h4,10-12,14H,3,5-9H2,1-2H3,(H,17,22)/t12-,14+/m1/s1. The molecule has 6 nitrogen and oxygen atoms in total. The first kappa shape index (κ1) is 16.3. The third-order valence-electron chi connectivity index (χ3n) is 4.90. The number of carbonyl (C=O) groups is 2. The quantitative estimate of drug-likeness (QED) is 0.907. The number of amides is 3. The van der Waals surface area contributed by atoms with Crippen molar-refractivity contribution in [2.45, 2.75) is 25.4 Å². The zero-order chi connectivity index (χ0) is 16.4. The van der Waals surface area contributed by atoms with Crippen molar-refractivity contribution in [2.75, 3.05) is 39.8 Å². The van der Waals surface area contributed by atoms with Crippen molar-refractivity contribution >= 4 is 23.3 Å². The van der Waals surface area contributed by atoms with Crippen molar-refractivity contribution in [3.8, 4) is 0 Å². The van der Waals surface area contributed by atoms with Crippen LogP contribution in [0.4, 0.5) is 4.79 Å². The Labute approximate surface area is 141 Å². The zero-order valence-electron chi connectivity index (χ0n) is 13.7. The number of nitrogens with zero attached hydrogens (tertiary/aromatic N) is 3. The van der Waals surface area contributed by atoms with E-state index in [1.165, 1.54) is 5.56 Å². The van der Waals surface area contributed by atoms with Crippen LogP contribution in [-0.2, 0) is 4.79 Å². The highest BCUT2D eigenvalue weighted by Gasteiger charge is 2.32. The van der Waals surface area contributed by atoms with Gasteiger partial charge in [0.25, 0.3) is 0 Å². The summed E-state index contributed by atoms with van der Waals surface area (Å²) in [7, 11) is 1.78. The molecule has 2 aliphatic rings. The molecule has 1 N–H and O–H groups in total. The van der Waals surface area contributed by atoms with Gasteiger partial charge in [-0.05, 0) is 35.7 Å². The fourth-order valence-electron chi connectivity index (χ4n) is 3.23. The predicted molar refractivity (Wildman–Crippen MR) is 90.5 cm³/mol. The maximum Gasteiger partial charge on any atom is 0.318 e. The number of likely N-dealkylation sites (tertiary alicyclic amines) is 1. The lowest BCUT2D eigenvalue weighted by Gasteiger charge is -2.38. The maximum atomic E-state index is 12.3. The Morgan fingerprint density at radius 3 is 2.61 bits per heavy atom. The second-order valence-corrected chi connectivity index (χ2v) is 7.09. The molecule has 0 saturated carbocycles. The molecule has 0 bridgehead atoms. The highest BCUT2D eigenvalue weighted by Crippen LogP contribution is 2.23. The minimum Gasteiger partial charge on any atom is -0.344 e. The molecular formula is C16H24N4O2S. The van der Waals surface area contributed by atoms with Crippen LogP contribution in [0.5, 0.6) is 0 Å². The summed E-state index contributed by atoms with van der Waals surface area (Å²) in [4.78, 5) is 30.1. The Bertz CT molecular complexity index is 554. The SMILES string of the molecule is C[C@H](c1ccsc1)N1CCN(C(=O)N[C@H]2CCN(C)C2=O)CC1. The van der Waals surface area contributed by atoms with Crippen LogP contribution in [0, 0.1) is 0 Å². The number of likely N-dealkylation sites (N-methyl/N-ethyl adjacent to an activating group) is 1. The lowest BCUT2D eigenvalue weighted by Crippen LogP contribution is -2.54. The molecule has 1 aromatic heterocycles.